The van der Waals surface area contributed by atoms with E-state index in [1.807, 2.05) is 21.1 Å². The van der Waals surface area contributed by atoms with E-state index in [4.69, 9.17) is 10.2 Å². The Morgan fingerprint density at radius 2 is 1.67 bits per heavy atom. The van der Waals surface area contributed by atoms with Crippen molar-refractivity contribution in [2.45, 2.75) is 6.23 Å². The van der Waals surface area contributed by atoms with Gasteiger partial charge in [-0.05, 0) is 0 Å². The minimum absolute atomic E-state index is 0. The van der Waals surface area contributed by atoms with Crippen molar-refractivity contribution in [3.8, 4) is 0 Å². The molecule has 4 heteroatoms. The SMILES string of the molecule is C[N+](C)(C)C(O)CO.[Cl-]. The molecule has 3 nitrogen and oxygen atoms in total. The smallest absolute Gasteiger partial charge is 0.213 e. The molecule has 0 aliphatic carbocycles. The van der Waals surface area contributed by atoms with Crippen LogP contribution in [0.15, 0.2) is 0 Å². The van der Waals surface area contributed by atoms with Gasteiger partial charge < -0.3 is 27.1 Å². The summed E-state index contributed by atoms with van der Waals surface area (Å²) in [7, 11) is 5.46. The molecule has 0 saturated heterocycles. The molecule has 1 unspecified atom stereocenters. The summed E-state index contributed by atoms with van der Waals surface area (Å²) in [5.41, 5.74) is 0. The first-order chi connectivity index (χ1) is 3.48. The standard InChI is InChI=1S/C5H14NO2.ClH/c1-6(2,3)5(8)4-7;/h5,7-8H,4H2,1-3H3;1H/q+1;/p-1. The number of aliphatic hydroxyl groups excluding tert-OH is 2. The van der Waals surface area contributed by atoms with Crippen LogP contribution in [0.25, 0.3) is 0 Å². The molecule has 0 aromatic heterocycles. The molecule has 0 radical (unpaired) electrons. The molecule has 9 heavy (non-hydrogen) atoms. The number of halogens is 1. The van der Waals surface area contributed by atoms with Crippen LogP contribution in [0.3, 0.4) is 0 Å². The molecular weight excluding hydrogens is 142 g/mol. The van der Waals surface area contributed by atoms with Crippen molar-refractivity contribution in [3.05, 3.63) is 0 Å². The van der Waals surface area contributed by atoms with Crippen LogP contribution >= 0.6 is 0 Å². The molecule has 0 heterocycles. The minimum Gasteiger partial charge on any atom is -1.00 e. The van der Waals surface area contributed by atoms with Crippen molar-refractivity contribution in [1.29, 1.82) is 0 Å². The van der Waals surface area contributed by atoms with Crippen LogP contribution in [-0.2, 0) is 0 Å². The molecular formula is C5H14ClNO2. The third-order valence-electron chi connectivity index (χ3n) is 1.06. The summed E-state index contributed by atoms with van der Waals surface area (Å²) in [6.07, 6.45) is -0.657. The molecule has 0 fully saturated rings. The molecule has 0 saturated carbocycles. The van der Waals surface area contributed by atoms with E-state index in [1.165, 1.54) is 0 Å². The van der Waals surface area contributed by atoms with Crippen LogP contribution in [0.4, 0.5) is 0 Å². The zero-order chi connectivity index (χ0) is 6.78. The first-order valence-electron chi connectivity index (χ1n) is 2.58. The monoisotopic (exact) mass is 155 g/mol. The van der Waals surface area contributed by atoms with E-state index < -0.39 is 6.23 Å². The molecule has 58 valence electrons. The molecule has 0 aromatic rings. The second kappa shape index (κ2) is 4.06. The van der Waals surface area contributed by atoms with Gasteiger partial charge in [-0.15, -0.1) is 0 Å². The summed E-state index contributed by atoms with van der Waals surface area (Å²) < 4.78 is 0.385. The van der Waals surface area contributed by atoms with E-state index in [0.717, 1.165) is 0 Å². The number of aliphatic hydroxyl groups is 2. The summed E-state index contributed by atoms with van der Waals surface area (Å²) in [4.78, 5) is 0. The van der Waals surface area contributed by atoms with Crippen molar-refractivity contribution in [2.24, 2.45) is 0 Å². The van der Waals surface area contributed by atoms with Crippen LogP contribution in [-0.4, -0.2) is 48.7 Å². The van der Waals surface area contributed by atoms with Crippen molar-refractivity contribution in [2.75, 3.05) is 27.7 Å². The van der Waals surface area contributed by atoms with Gasteiger partial charge >= 0.3 is 0 Å². The van der Waals surface area contributed by atoms with Crippen molar-refractivity contribution < 1.29 is 27.1 Å². The summed E-state index contributed by atoms with van der Waals surface area (Å²) in [5.74, 6) is 0. The molecule has 0 aliphatic rings. The Hall–Kier alpha value is 0.170. The topological polar surface area (TPSA) is 40.5 Å². The Labute approximate surface area is 61.9 Å². The first-order valence-corrected chi connectivity index (χ1v) is 2.58. The number of hydrogen-bond acceptors (Lipinski definition) is 2. The highest BCUT2D eigenvalue weighted by Gasteiger charge is 2.17. The van der Waals surface area contributed by atoms with E-state index in [0.29, 0.717) is 4.48 Å². The Balaban J connectivity index is 0. The molecule has 0 bridgehead atoms. The number of hydrogen-bond donors (Lipinski definition) is 2. The van der Waals surface area contributed by atoms with E-state index in [-0.39, 0.29) is 19.0 Å². The Morgan fingerprint density at radius 3 is 1.67 bits per heavy atom. The fourth-order valence-electron chi connectivity index (χ4n) is 0.245. The number of nitrogens with zero attached hydrogens (tertiary/aromatic N) is 1. The number of quaternary nitrogens is 1. The summed E-state index contributed by atoms with van der Waals surface area (Å²) in [6.45, 7) is -0.177. The Morgan fingerprint density at radius 1 is 1.33 bits per heavy atom. The van der Waals surface area contributed by atoms with E-state index in [1.54, 1.807) is 0 Å². The van der Waals surface area contributed by atoms with Crippen LogP contribution in [0.1, 0.15) is 0 Å². The van der Waals surface area contributed by atoms with Gasteiger partial charge in [-0.2, -0.15) is 0 Å². The fraction of sp³-hybridized carbons (Fsp3) is 1.00. The maximum atomic E-state index is 8.92. The molecule has 1 atom stereocenters. The lowest BCUT2D eigenvalue weighted by atomic mass is 10.5. The maximum Gasteiger partial charge on any atom is 0.213 e. The largest absolute Gasteiger partial charge is 1.00 e. The first kappa shape index (κ1) is 11.9. The lowest BCUT2D eigenvalue weighted by Gasteiger charge is -2.28. The van der Waals surface area contributed by atoms with Crippen molar-refractivity contribution in [1.82, 2.24) is 0 Å². The quantitative estimate of drug-likeness (QED) is 0.315. The van der Waals surface area contributed by atoms with Gasteiger partial charge in [0.05, 0.1) is 21.1 Å². The van der Waals surface area contributed by atoms with Gasteiger partial charge in [0.2, 0.25) is 6.23 Å². The number of rotatable bonds is 2. The zero-order valence-corrected chi connectivity index (χ0v) is 6.76. The molecule has 0 amide bonds. The Kier molecular flexibility index (Phi) is 5.37. The third kappa shape index (κ3) is 4.66. The van der Waals surface area contributed by atoms with Crippen LogP contribution in [0.5, 0.6) is 0 Å². The highest BCUT2D eigenvalue weighted by Crippen LogP contribution is 1.95. The molecule has 2 N–H and O–H groups in total. The van der Waals surface area contributed by atoms with Gasteiger partial charge in [-0.3, -0.25) is 0 Å². The molecule has 0 aliphatic heterocycles. The Bertz CT molecular complexity index is 71.8. The predicted molar refractivity (Wildman–Crippen MR) is 31.1 cm³/mol. The van der Waals surface area contributed by atoms with Gasteiger partial charge in [0.15, 0.2) is 0 Å². The van der Waals surface area contributed by atoms with Gasteiger partial charge in [0.1, 0.15) is 6.61 Å². The van der Waals surface area contributed by atoms with Gasteiger partial charge in [0.25, 0.3) is 0 Å². The van der Waals surface area contributed by atoms with Crippen LogP contribution in [0.2, 0.25) is 0 Å². The molecule has 0 rings (SSSR count). The van der Waals surface area contributed by atoms with Gasteiger partial charge in [0, 0.05) is 0 Å². The van der Waals surface area contributed by atoms with Gasteiger partial charge in [-0.25, -0.2) is 0 Å². The van der Waals surface area contributed by atoms with Crippen molar-refractivity contribution in [3.63, 3.8) is 0 Å². The van der Waals surface area contributed by atoms with E-state index >= 15 is 0 Å². The second-order valence-electron chi connectivity index (χ2n) is 2.78. The highest BCUT2D eigenvalue weighted by molar-refractivity contribution is 4.30. The van der Waals surface area contributed by atoms with E-state index in [2.05, 4.69) is 0 Å². The van der Waals surface area contributed by atoms with Crippen molar-refractivity contribution >= 4 is 0 Å². The lowest BCUT2D eigenvalue weighted by molar-refractivity contribution is -0.919. The third-order valence-corrected chi connectivity index (χ3v) is 1.06. The molecule has 0 spiro atoms. The van der Waals surface area contributed by atoms with Crippen LogP contribution < -0.4 is 12.4 Å². The predicted octanol–water partition coefficient (Wildman–Crippen LogP) is -3.99. The highest BCUT2D eigenvalue weighted by atomic mass is 35.5. The normalized spacial score (nSPS) is 14.3. The zero-order valence-electron chi connectivity index (χ0n) is 6.00. The van der Waals surface area contributed by atoms with Gasteiger partial charge in [-0.1, -0.05) is 0 Å². The minimum atomic E-state index is -0.657. The summed E-state index contributed by atoms with van der Waals surface area (Å²) >= 11 is 0. The lowest BCUT2D eigenvalue weighted by Crippen LogP contribution is -3.00. The molecule has 0 aromatic carbocycles. The fourth-order valence-corrected chi connectivity index (χ4v) is 0.245. The summed E-state index contributed by atoms with van der Waals surface area (Å²) in [6, 6.07) is 0. The summed E-state index contributed by atoms with van der Waals surface area (Å²) in [5, 5.41) is 17.3. The average Bonchev–Trinajstić information content (AvgIpc) is 1.62. The maximum absolute atomic E-state index is 8.92. The average molecular weight is 156 g/mol. The second-order valence-corrected chi connectivity index (χ2v) is 2.78. The van der Waals surface area contributed by atoms with E-state index in [9.17, 15) is 0 Å². The number of likely N-dealkylation sites (N-methyl/N-ethyl adjacent to an activating group) is 1. The van der Waals surface area contributed by atoms with Crippen LogP contribution in [0, 0.1) is 0 Å².